The summed E-state index contributed by atoms with van der Waals surface area (Å²) in [4.78, 5) is 6.22. The number of hydrogen-bond donors (Lipinski definition) is 1. The van der Waals surface area contributed by atoms with E-state index in [4.69, 9.17) is 9.72 Å². The van der Waals surface area contributed by atoms with Crippen LogP contribution < -0.4 is 5.32 Å². The van der Waals surface area contributed by atoms with Gasteiger partial charge in [-0.1, -0.05) is 0 Å². The predicted octanol–water partition coefficient (Wildman–Crippen LogP) is 3.01. The van der Waals surface area contributed by atoms with Gasteiger partial charge in [-0.25, -0.2) is 4.98 Å². The molecule has 4 heteroatoms. The fourth-order valence-corrected chi connectivity index (χ4v) is 3.22. The normalized spacial score (nSPS) is 16.5. The lowest BCUT2D eigenvalue weighted by Crippen LogP contribution is -2.21. The van der Waals surface area contributed by atoms with Crippen LogP contribution in [0.25, 0.3) is 0 Å². The van der Waals surface area contributed by atoms with Crippen LogP contribution in [0.5, 0.6) is 0 Å². The average molecular weight is 254 g/mol. The molecule has 2 rings (SSSR count). The molecule has 1 fully saturated rings. The molecule has 0 saturated heterocycles. The topological polar surface area (TPSA) is 34.1 Å². The van der Waals surface area contributed by atoms with E-state index in [1.165, 1.54) is 23.4 Å². The maximum absolute atomic E-state index is 5.79. The summed E-state index contributed by atoms with van der Waals surface area (Å²) < 4.78 is 5.79. The van der Waals surface area contributed by atoms with Crippen molar-refractivity contribution in [3.63, 3.8) is 0 Å². The lowest BCUT2D eigenvalue weighted by Gasteiger charge is -2.21. The summed E-state index contributed by atoms with van der Waals surface area (Å²) in [6.45, 7) is 7.90. The Bertz CT molecular complexity index is 383. The zero-order valence-corrected chi connectivity index (χ0v) is 12.0. The minimum Gasteiger partial charge on any atom is -0.369 e. The highest BCUT2D eigenvalue weighted by molar-refractivity contribution is 7.11. The zero-order chi connectivity index (χ0) is 12.5. The minimum atomic E-state index is -0.255. The minimum absolute atomic E-state index is 0.255. The van der Waals surface area contributed by atoms with Crippen molar-refractivity contribution in [3.05, 3.63) is 15.6 Å². The van der Waals surface area contributed by atoms with E-state index < -0.39 is 0 Å². The van der Waals surface area contributed by atoms with Gasteiger partial charge in [0.15, 0.2) is 0 Å². The largest absolute Gasteiger partial charge is 0.369 e. The second kappa shape index (κ2) is 5.04. The molecule has 17 heavy (non-hydrogen) atoms. The fraction of sp³-hybridized carbons (Fsp3) is 0.769. The molecule has 0 spiro atoms. The summed E-state index contributed by atoms with van der Waals surface area (Å²) in [6.07, 6.45) is 2.60. The van der Waals surface area contributed by atoms with Crippen LogP contribution in [0.4, 0.5) is 0 Å². The van der Waals surface area contributed by atoms with E-state index >= 15 is 0 Å². The van der Waals surface area contributed by atoms with E-state index in [1.807, 2.05) is 14.0 Å². The van der Waals surface area contributed by atoms with Crippen molar-refractivity contribution >= 4 is 11.3 Å². The monoisotopic (exact) mass is 254 g/mol. The maximum atomic E-state index is 5.79. The molecule has 0 aromatic carbocycles. The molecular formula is C13H22N2OS. The third-order valence-electron chi connectivity index (χ3n) is 3.05. The summed E-state index contributed by atoms with van der Waals surface area (Å²) in [5.74, 6) is 0.709. The first-order valence-corrected chi connectivity index (χ1v) is 7.18. The molecule has 1 aliphatic rings. The Kier molecular flexibility index (Phi) is 3.85. The number of thiazole rings is 1. The number of ether oxygens (including phenoxy) is 1. The second-order valence-electron chi connectivity index (χ2n) is 5.08. The van der Waals surface area contributed by atoms with E-state index in [0.717, 1.165) is 18.2 Å². The molecule has 1 saturated carbocycles. The standard InChI is InChI=1S/C13H22N2OS/c1-5-16-13(2,3)12-15-11(9-6-7-9)10(17-12)8-14-4/h9,14H,5-8H2,1-4H3. The van der Waals surface area contributed by atoms with Gasteiger partial charge < -0.3 is 10.1 Å². The highest BCUT2D eigenvalue weighted by Gasteiger charge is 2.33. The van der Waals surface area contributed by atoms with Crippen LogP contribution in [0.2, 0.25) is 0 Å². The Balaban J connectivity index is 2.26. The SMILES string of the molecule is CCOC(C)(C)c1nc(C2CC2)c(CNC)s1. The molecule has 0 aliphatic heterocycles. The Hall–Kier alpha value is -0.450. The first-order valence-electron chi connectivity index (χ1n) is 6.37. The van der Waals surface area contributed by atoms with Gasteiger partial charge in [-0.2, -0.15) is 0 Å². The molecule has 0 radical (unpaired) electrons. The van der Waals surface area contributed by atoms with Crippen LogP contribution in [0.3, 0.4) is 0 Å². The van der Waals surface area contributed by atoms with Gasteiger partial charge in [-0.15, -0.1) is 11.3 Å². The molecule has 0 amide bonds. The van der Waals surface area contributed by atoms with Crippen LogP contribution in [0, 0.1) is 0 Å². The van der Waals surface area contributed by atoms with Crippen LogP contribution >= 0.6 is 11.3 Å². The molecule has 0 bridgehead atoms. The van der Waals surface area contributed by atoms with Gasteiger partial charge >= 0.3 is 0 Å². The molecular weight excluding hydrogens is 232 g/mol. The van der Waals surface area contributed by atoms with Crippen molar-refractivity contribution < 1.29 is 4.74 Å². The first-order chi connectivity index (χ1) is 8.08. The zero-order valence-electron chi connectivity index (χ0n) is 11.2. The van der Waals surface area contributed by atoms with Crippen molar-refractivity contribution in [1.82, 2.24) is 10.3 Å². The summed E-state index contributed by atoms with van der Waals surface area (Å²) in [5, 5.41) is 4.35. The number of nitrogens with zero attached hydrogens (tertiary/aromatic N) is 1. The number of nitrogens with one attached hydrogen (secondary N) is 1. The molecule has 1 N–H and O–H groups in total. The van der Waals surface area contributed by atoms with Gasteiger partial charge in [0.25, 0.3) is 0 Å². The molecule has 96 valence electrons. The predicted molar refractivity (Wildman–Crippen MR) is 71.5 cm³/mol. The number of rotatable bonds is 6. The Morgan fingerprint density at radius 3 is 2.71 bits per heavy atom. The third kappa shape index (κ3) is 2.87. The maximum Gasteiger partial charge on any atom is 0.125 e. The van der Waals surface area contributed by atoms with Crippen molar-refractivity contribution in [2.45, 2.75) is 51.7 Å². The van der Waals surface area contributed by atoms with Crippen LogP contribution in [-0.2, 0) is 16.9 Å². The third-order valence-corrected chi connectivity index (χ3v) is 4.43. The smallest absolute Gasteiger partial charge is 0.125 e. The summed E-state index contributed by atoms with van der Waals surface area (Å²) in [6, 6.07) is 0. The van der Waals surface area contributed by atoms with Crippen molar-refractivity contribution in [2.24, 2.45) is 0 Å². The quantitative estimate of drug-likeness (QED) is 0.847. The fourth-order valence-electron chi connectivity index (χ4n) is 2.01. The van der Waals surface area contributed by atoms with Crippen molar-refractivity contribution in [3.8, 4) is 0 Å². The van der Waals surface area contributed by atoms with Crippen LogP contribution in [0.15, 0.2) is 0 Å². The lowest BCUT2D eigenvalue weighted by molar-refractivity contribution is -0.0142. The van der Waals surface area contributed by atoms with Gasteiger partial charge in [0.1, 0.15) is 10.6 Å². The number of hydrogen-bond acceptors (Lipinski definition) is 4. The molecule has 1 aliphatic carbocycles. The van der Waals surface area contributed by atoms with Crippen LogP contribution in [-0.4, -0.2) is 18.6 Å². The van der Waals surface area contributed by atoms with E-state index in [1.54, 1.807) is 11.3 Å². The molecule has 1 aromatic rings. The molecule has 1 heterocycles. The van der Waals surface area contributed by atoms with E-state index in [2.05, 4.69) is 19.2 Å². The van der Waals surface area contributed by atoms with Gasteiger partial charge in [0.2, 0.25) is 0 Å². The van der Waals surface area contributed by atoms with Gasteiger partial charge in [-0.3, -0.25) is 0 Å². The Labute approximate surface area is 108 Å². The first kappa shape index (κ1) is 13.0. The summed E-state index contributed by atoms with van der Waals surface area (Å²) >= 11 is 1.80. The highest BCUT2D eigenvalue weighted by atomic mass is 32.1. The van der Waals surface area contributed by atoms with Crippen molar-refractivity contribution in [1.29, 1.82) is 0 Å². The molecule has 0 atom stereocenters. The summed E-state index contributed by atoms with van der Waals surface area (Å²) in [5.41, 5.74) is 1.06. The van der Waals surface area contributed by atoms with Crippen LogP contribution in [0.1, 0.15) is 55.1 Å². The second-order valence-corrected chi connectivity index (χ2v) is 6.16. The lowest BCUT2D eigenvalue weighted by atomic mass is 10.1. The van der Waals surface area contributed by atoms with Gasteiger partial charge in [-0.05, 0) is 40.7 Å². The molecule has 3 nitrogen and oxygen atoms in total. The Morgan fingerprint density at radius 2 is 2.18 bits per heavy atom. The van der Waals surface area contributed by atoms with Crippen molar-refractivity contribution in [2.75, 3.05) is 13.7 Å². The Morgan fingerprint density at radius 1 is 1.47 bits per heavy atom. The van der Waals surface area contributed by atoms with Gasteiger partial charge in [0.05, 0.1) is 5.69 Å². The van der Waals surface area contributed by atoms with E-state index in [0.29, 0.717) is 5.92 Å². The number of aromatic nitrogens is 1. The molecule has 1 aromatic heterocycles. The highest BCUT2D eigenvalue weighted by Crippen LogP contribution is 2.44. The van der Waals surface area contributed by atoms with E-state index in [9.17, 15) is 0 Å². The molecule has 0 unspecified atom stereocenters. The average Bonchev–Trinajstić information content (AvgIpc) is 3.01. The van der Waals surface area contributed by atoms with Gasteiger partial charge in [0, 0.05) is 23.9 Å². The summed E-state index contributed by atoms with van der Waals surface area (Å²) in [7, 11) is 1.99. The van der Waals surface area contributed by atoms with E-state index in [-0.39, 0.29) is 5.60 Å².